The van der Waals surface area contributed by atoms with E-state index in [1.165, 1.54) is 25.8 Å². The van der Waals surface area contributed by atoms with E-state index >= 15 is 0 Å². The molecule has 0 bridgehead atoms. The standard InChI is InChI=1S/C15H22N4/c1-2-5-14(6-3-1)13-18-9-11-19(12-10-18)15-16-7-4-8-17-15/h1-2,4,7-8,14H,3,5-6,9-13H2. The molecule has 1 fully saturated rings. The number of nitrogens with zero attached hydrogens (tertiary/aromatic N) is 4. The Hall–Kier alpha value is -1.42. The highest BCUT2D eigenvalue weighted by molar-refractivity contribution is 5.29. The summed E-state index contributed by atoms with van der Waals surface area (Å²) in [7, 11) is 0. The van der Waals surface area contributed by atoms with Gasteiger partial charge < -0.3 is 4.90 Å². The molecular weight excluding hydrogens is 236 g/mol. The van der Waals surface area contributed by atoms with Crippen molar-refractivity contribution in [1.82, 2.24) is 14.9 Å². The molecule has 1 saturated heterocycles. The lowest BCUT2D eigenvalue weighted by Gasteiger charge is -2.36. The summed E-state index contributed by atoms with van der Waals surface area (Å²) >= 11 is 0. The third-order valence-electron chi connectivity index (χ3n) is 4.10. The Labute approximate surface area is 115 Å². The summed E-state index contributed by atoms with van der Waals surface area (Å²) in [5, 5.41) is 0. The molecule has 0 spiro atoms. The summed E-state index contributed by atoms with van der Waals surface area (Å²) in [4.78, 5) is 13.6. The second kappa shape index (κ2) is 6.15. The maximum Gasteiger partial charge on any atom is 0.225 e. The molecule has 2 heterocycles. The highest BCUT2D eigenvalue weighted by Crippen LogP contribution is 2.20. The molecule has 4 nitrogen and oxygen atoms in total. The highest BCUT2D eigenvalue weighted by Gasteiger charge is 2.21. The molecule has 1 unspecified atom stereocenters. The van der Waals surface area contributed by atoms with E-state index in [4.69, 9.17) is 0 Å². The lowest BCUT2D eigenvalue weighted by atomic mass is 9.94. The van der Waals surface area contributed by atoms with Crippen molar-refractivity contribution in [1.29, 1.82) is 0 Å². The summed E-state index contributed by atoms with van der Waals surface area (Å²) in [6.07, 6.45) is 12.2. The van der Waals surface area contributed by atoms with Crippen LogP contribution in [0.4, 0.5) is 5.95 Å². The molecular formula is C15H22N4. The Morgan fingerprint density at radius 1 is 1.05 bits per heavy atom. The fraction of sp³-hybridized carbons (Fsp3) is 0.600. The molecule has 0 radical (unpaired) electrons. The Bertz CT molecular complexity index is 409. The van der Waals surface area contributed by atoms with Crippen LogP contribution in [0.1, 0.15) is 19.3 Å². The molecule has 1 aromatic heterocycles. The van der Waals surface area contributed by atoms with Crippen molar-refractivity contribution in [2.45, 2.75) is 19.3 Å². The minimum absolute atomic E-state index is 0.865. The molecule has 1 aliphatic carbocycles. The molecule has 0 amide bonds. The molecule has 1 aliphatic heterocycles. The van der Waals surface area contributed by atoms with Crippen LogP contribution >= 0.6 is 0 Å². The van der Waals surface area contributed by atoms with Crippen LogP contribution in [0.25, 0.3) is 0 Å². The third kappa shape index (κ3) is 3.32. The highest BCUT2D eigenvalue weighted by atomic mass is 15.3. The lowest BCUT2D eigenvalue weighted by Crippen LogP contribution is -2.48. The molecule has 0 N–H and O–H groups in total. The maximum absolute atomic E-state index is 4.33. The van der Waals surface area contributed by atoms with Gasteiger partial charge in [-0.15, -0.1) is 0 Å². The minimum Gasteiger partial charge on any atom is -0.338 e. The Morgan fingerprint density at radius 2 is 1.84 bits per heavy atom. The molecule has 1 atom stereocenters. The summed E-state index contributed by atoms with van der Waals surface area (Å²) in [6, 6.07) is 1.87. The van der Waals surface area contributed by atoms with Gasteiger partial charge in [-0.3, -0.25) is 4.90 Å². The number of hydrogen-bond acceptors (Lipinski definition) is 4. The van der Waals surface area contributed by atoms with Crippen molar-refractivity contribution in [2.24, 2.45) is 5.92 Å². The first-order valence-electron chi connectivity index (χ1n) is 7.31. The van der Waals surface area contributed by atoms with Crippen LogP contribution in [0.3, 0.4) is 0 Å². The van der Waals surface area contributed by atoms with E-state index in [-0.39, 0.29) is 0 Å². The molecule has 102 valence electrons. The van der Waals surface area contributed by atoms with Gasteiger partial charge in [0, 0.05) is 45.1 Å². The smallest absolute Gasteiger partial charge is 0.225 e. The number of aromatic nitrogens is 2. The van der Waals surface area contributed by atoms with E-state index in [1.807, 2.05) is 18.5 Å². The van der Waals surface area contributed by atoms with Gasteiger partial charge >= 0.3 is 0 Å². The van der Waals surface area contributed by atoms with Gasteiger partial charge in [-0.05, 0) is 31.2 Å². The Kier molecular flexibility index (Phi) is 4.08. The van der Waals surface area contributed by atoms with Crippen molar-refractivity contribution in [3.05, 3.63) is 30.6 Å². The van der Waals surface area contributed by atoms with Crippen LogP contribution in [-0.2, 0) is 0 Å². The number of anilines is 1. The number of allylic oxidation sites excluding steroid dienone is 2. The van der Waals surface area contributed by atoms with Gasteiger partial charge in [-0.25, -0.2) is 9.97 Å². The van der Waals surface area contributed by atoms with Crippen molar-refractivity contribution >= 4 is 5.95 Å². The first kappa shape index (κ1) is 12.6. The average Bonchev–Trinajstić information content (AvgIpc) is 2.50. The zero-order valence-corrected chi connectivity index (χ0v) is 11.4. The van der Waals surface area contributed by atoms with Crippen LogP contribution in [0.5, 0.6) is 0 Å². The van der Waals surface area contributed by atoms with Crippen molar-refractivity contribution in [3.63, 3.8) is 0 Å². The summed E-state index contributed by atoms with van der Waals surface area (Å²) in [5.74, 6) is 1.74. The second-order valence-corrected chi connectivity index (χ2v) is 5.49. The number of rotatable bonds is 3. The zero-order valence-electron chi connectivity index (χ0n) is 11.4. The average molecular weight is 258 g/mol. The molecule has 2 aliphatic rings. The lowest BCUT2D eigenvalue weighted by molar-refractivity contribution is 0.211. The Balaban J connectivity index is 1.48. The predicted molar refractivity (Wildman–Crippen MR) is 77.2 cm³/mol. The normalized spacial score (nSPS) is 24.6. The van der Waals surface area contributed by atoms with Gasteiger partial charge in [-0.1, -0.05) is 12.2 Å². The monoisotopic (exact) mass is 258 g/mol. The van der Waals surface area contributed by atoms with Crippen molar-refractivity contribution < 1.29 is 0 Å². The quantitative estimate of drug-likeness (QED) is 0.776. The number of hydrogen-bond donors (Lipinski definition) is 0. The summed E-state index contributed by atoms with van der Waals surface area (Å²) in [6.45, 7) is 5.63. The van der Waals surface area contributed by atoms with Crippen LogP contribution in [-0.4, -0.2) is 47.6 Å². The largest absolute Gasteiger partial charge is 0.338 e. The van der Waals surface area contributed by atoms with Crippen LogP contribution in [0, 0.1) is 5.92 Å². The SMILES string of the molecule is C1=CCC(CN2CCN(c3ncccn3)CC2)CC1. The van der Waals surface area contributed by atoms with Crippen LogP contribution in [0.15, 0.2) is 30.6 Å². The zero-order chi connectivity index (χ0) is 12.9. The maximum atomic E-state index is 4.33. The molecule has 0 aromatic carbocycles. The van der Waals surface area contributed by atoms with Gasteiger partial charge in [0.2, 0.25) is 5.95 Å². The first-order valence-corrected chi connectivity index (χ1v) is 7.31. The Morgan fingerprint density at radius 3 is 2.53 bits per heavy atom. The van der Waals surface area contributed by atoms with Gasteiger partial charge in [0.15, 0.2) is 0 Å². The molecule has 19 heavy (non-hydrogen) atoms. The van der Waals surface area contributed by atoms with Gasteiger partial charge in [0.25, 0.3) is 0 Å². The number of piperazine rings is 1. The van der Waals surface area contributed by atoms with Crippen LogP contribution in [0.2, 0.25) is 0 Å². The summed E-state index contributed by atoms with van der Waals surface area (Å²) < 4.78 is 0. The molecule has 4 heteroatoms. The van der Waals surface area contributed by atoms with E-state index in [0.29, 0.717) is 0 Å². The predicted octanol–water partition coefficient (Wildman–Crippen LogP) is 1.95. The van der Waals surface area contributed by atoms with E-state index in [0.717, 1.165) is 38.0 Å². The van der Waals surface area contributed by atoms with Gasteiger partial charge in [0.05, 0.1) is 0 Å². The van der Waals surface area contributed by atoms with Crippen molar-refractivity contribution in [3.8, 4) is 0 Å². The summed E-state index contributed by atoms with van der Waals surface area (Å²) in [5.41, 5.74) is 0. The van der Waals surface area contributed by atoms with Gasteiger partial charge in [-0.2, -0.15) is 0 Å². The molecule has 3 rings (SSSR count). The van der Waals surface area contributed by atoms with Crippen LogP contribution < -0.4 is 4.90 Å². The topological polar surface area (TPSA) is 32.3 Å². The van der Waals surface area contributed by atoms with E-state index < -0.39 is 0 Å². The minimum atomic E-state index is 0.865. The third-order valence-corrected chi connectivity index (χ3v) is 4.10. The van der Waals surface area contributed by atoms with E-state index in [1.54, 1.807) is 0 Å². The second-order valence-electron chi connectivity index (χ2n) is 5.49. The fourth-order valence-corrected chi connectivity index (χ4v) is 2.97. The van der Waals surface area contributed by atoms with Gasteiger partial charge in [0.1, 0.15) is 0 Å². The van der Waals surface area contributed by atoms with E-state index in [2.05, 4.69) is 31.9 Å². The first-order chi connectivity index (χ1) is 9.42. The fourth-order valence-electron chi connectivity index (χ4n) is 2.97. The van der Waals surface area contributed by atoms with E-state index in [9.17, 15) is 0 Å². The molecule has 0 saturated carbocycles. The van der Waals surface area contributed by atoms with Crippen molar-refractivity contribution in [2.75, 3.05) is 37.6 Å². The molecule has 1 aromatic rings.